The summed E-state index contributed by atoms with van der Waals surface area (Å²) in [7, 11) is -4.64. The predicted molar refractivity (Wildman–Crippen MR) is 82.1 cm³/mol. The molecule has 0 saturated heterocycles. The number of anilines is 1. The van der Waals surface area contributed by atoms with E-state index in [1.165, 1.54) is 6.07 Å². The van der Waals surface area contributed by atoms with Crippen molar-refractivity contribution >= 4 is 27.9 Å². The maximum Gasteiger partial charge on any atom is 0.259 e. The van der Waals surface area contributed by atoms with E-state index in [-0.39, 0.29) is 12.3 Å². The first-order valence-electron chi connectivity index (χ1n) is 6.53. The van der Waals surface area contributed by atoms with Crippen molar-refractivity contribution in [3.8, 4) is 0 Å². The minimum Gasteiger partial charge on any atom is -0.742 e. The molecule has 0 radical (unpaired) electrons. The summed E-state index contributed by atoms with van der Waals surface area (Å²) >= 11 is 0. The van der Waals surface area contributed by atoms with Crippen molar-refractivity contribution in [2.45, 2.75) is 12.0 Å². The number of hydrazone groups is 1. The Hall–Kier alpha value is -2.65. The largest absolute Gasteiger partial charge is 0.742 e. The summed E-state index contributed by atoms with van der Waals surface area (Å²) in [5.41, 5.74) is 4.15. The summed E-state index contributed by atoms with van der Waals surface area (Å²) in [6.07, 6.45) is 1.10. The molecule has 0 unspecified atom stereocenters. The van der Waals surface area contributed by atoms with Crippen molar-refractivity contribution in [3.63, 3.8) is 0 Å². The Morgan fingerprint density at radius 3 is 2.57 bits per heavy atom. The maximum absolute atomic E-state index is 11.6. The molecule has 8 nitrogen and oxygen atoms in total. The van der Waals surface area contributed by atoms with Crippen LogP contribution in [0.5, 0.6) is 0 Å². The molecule has 122 valence electrons. The fourth-order valence-electron chi connectivity index (χ4n) is 1.60. The number of amides is 1. The zero-order valence-corrected chi connectivity index (χ0v) is 13.0. The standard InChI is InChI=1S/C14H15N3O5S/c1-10-2-4-11(5-3-10)15-9-13(18)17-16-8-12-6-7-14(22-12)23(19,20)21/h2-8,15H,9H2,1H3,(H,17,18)(H,19,20,21)/p-1. The van der Waals surface area contributed by atoms with Gasteiger partial charge in [0.25, 0.3) is 5.91 Å². The molecule has 2 N–H and O–H groups in total. The highest BCUT2D eigenvalue weighted by molar-refractivity contribution is 7.85. The molecular formula is C14H14N3O5S-. The second-order valence-corrected chi connectivity index (χ2v) is 5.93. The quantitative estimate of drug-likeness (QED) is 0.462. The molecule has 1 amide bonds. The number of nitrogens with zero attached hydrogens (tertiary/aromatic N) is 1. The first-order chi connectivity index (χ1) is 10.8. The van der Waals surface area contributed by atoms with E-state index in [1.54, 1.807) is 0 Å². The fourth-order valence-corrected chi connectivity index (χ4v) is 2.03. The summed E-state index contributed by atoms with van der Waals surface area (Å²) in [6.45, 7) is 1.97. The smallest absolute Gasteiger partial charge is 0.259 e. The monoisotopic (exact) mass is 336 g/mol. The van der Waals surface area contributed by atoms with E-state index in [2.05, 4.69) is 15.8 Å². The Morgan fingerprint density at radius 1 is 1.26 bits per heavy atom. The molecule has 0 aliphatic carbocycles. The first-order valence-corrected chi connectivity index (χ1v) is 7.93. The van der Waals surface area contributed by atoms with E-state index in [9.17, 15) is 17.8 Å². The molecule has 2 rings (SSSR count). The third-order valence-corrected chi connectivity index (χ3v) is 3.45. The number of hydrogen-bond acceptors (Lipinski definition) is 7. The number of rotatable bonds is 6. The SMILES string of the molecule is Cc1ccc(NCC(=O)NN=Cc2ccc(S(=O)(=O)[O-])o2)cc1. The summed E-state index contributed by atoms with van der Waals surface area (Å²) in [5, 5.41) is 5.82. The summed E-state index contributed by atoms with van der Waals surface area (Å²) in [6, 6.07) is 9.79. The number of nitrogens with one attached hydrogen (secondary N) is 2. The summed E-state index contributed by atoms with van der Waals surface area (Å²) < 4.78 is 36.8. The lowest BCUT2D eigenvalue weighted by Gasteiger charge is -2.05. The van der Waals surface area contributed by atoms with Gasteiger partial charge in [0.05, 0.1) is 12.8 Å². The summed E-state index contributed by atoms with van der Waals surface area (Å²) in [4.78, 5) is 11.6. The lowest BCUT2D eigenvalue weighted by atomic mass is 10.2. The lowest BCUT2D eigenvalue weighted by molar-refractivity contribution is -0.119. The Kier molecular flexibility index (Phi) is 5.14. The van der Waals surface area contributed by atoms with Crippen LogP contribution in [0.15, 0.2) is 51.0 Å². The summed E-state index contributed by atoms with van der Waals surface area (Å²) in [5.74, 6) is -0.365. The zero-order valence-electron chi connectivity index (χ0n) is 12.1. The highest BCUT2D eigenvalue weighted by Gasteiger charge is 2.06. The van der Waals surface area contributed by atoms with Gasteiger partial charge in [-0.1, -0.05) is 17.7 Å². The van der Waals surface area contributed by atoms with Crippen LogP contribution in [0, 0.1) is 6.92 Å². The van der Waals surface area contributed by atoms with Gasteiger partial charge in [-0.3, -0.25) is 4.79 Å². The van der Waals surface area contributed by atoms with Gasteiger partial charge in [-0.25, -0.2) is 13.8 Å². The number of aryl methyl sites for hydroxylation is 1. The van der Waals surface area contributed by atoms with Crippen molar-refractivity contribution in [2.24, 2.45) is 5.10 Å². The van der Waals surface area contributed by atoms with Crippen molar-refractivity contribution < 1.29 is 22.2 Å². The van der Waals surface area contributed by atoms with E-state index in [0.29, 0.717) is 0 Å². The Balaban J connectivity index is 1.82. The van der Waals surface area contributed by atoms with Crippen LogP contribution in [0.25, 0.3) is 0 Å². The van der Waals surface area contributed by atoms with Gasteiger partial charge in [0, 0.05) is 5.69 Å². The molecule has 23 heavy (non-hydrogen) atoms. The molecule has 0 atom stereocenters. The minimum absolute atomic E-state index is 0.0126. The van der Waals surface area contributed by atoms with Gasteiger partial charge in [-0.15, -0.1) is 0 Å². The molecule has 0 fully saturated rings. The van der Waals surface area contributed by atoms with E-state index >= 15 is 0 Å². The second kappa shape index (κ2) is 7.07. The van der Waals surface area contributed by atoms with Crippen LogP contribution in [-0.2, 0) is 14.9 Å². The van der Waals surface area contributed by atoms with Crippen molar-refractivity contribution in [1.82, 2.24) is 5.43 Å². The van der Waals surface area contributed by atoms with Crippen LogP contribution >= 0.6 is 0 Å². The molecule has 0 saturated carbocycles. The van der Waals surface area contributed by atoms with Gasteiger partial charge >= 0.3 is 0 Å². The topological polar surface area (TPSA) is 124 Å². The molecule has 1 aromatic heterocycles. The van der Waals surface area contributed by atoms with Gasteiger partial charge in [0.2, 0.25) is 5.09 Å². The van der Waals surface area contributed by atoms with Crippen LogP contribution < -0.4 is 10.7 Å². The van der Waals surface area contributed by atoms with Crippen LogP contribution in [0.2, 0.25) is 0 Å². The molecule has 2 aromatic rings. The zero-order chi connectivity index (χ0) is 16.9. The third-order valence-electron chi connectivity index (χ3n) is 2.73. The third kappa shape index (κ3) is 5.24. The van der Waals surface area contributed by atoms with E-state index in [0.717, 1.165) is 23.5 Å². The molecule has 0 bridgehead atoms. The molecular weight excluding hydrogens is 322 g/mol. The number of carbonyl (C=O) groups is 1. The maximum atomic E-state index is 11.6. The molecule has 0 spiro atoms. The van der Waals surface area contributed by atoms with Crippen LogP contribution in [-0.4, -0.2) is 31.6 Å². The number of benzene rings is 1. The Labute approximate surface area is 132 Å². The highest BCUT2D eigenvalue weighted by atomic mass is 32.2. The number of carbonyl (C=O) groups excluding carboxylic acids is 1. The van der Waals surface area contributed by atoms with Gasteiger partial charge in [0.1, 0.15) is 5.76 Å². The van der Waals surface area contributed by atoms with E-state index < -0.39 is 21.1 Å². The van der Waals surface area contributed by atoms with Crippen LogP contribution in [0.4, 0.5) is 5.69 Å². The number of hydrogen-bond donors (Lipinski definition) is 2. The highest BCUT2D eigenvalue weighted by Crippen LogP contribution is 2.11. The molecule has 1 aromatic carbocycles. The van der Waals surface area contributed by atoms with Crippen LogP contribution in [0.1, 0.15) is 11.3 Å². The average molecular weight is 336 g/mol. The van der Waals surface area contributed by atoms with Gasteiger partial charge < -0.3 is 14.3 Å². The lowest BCUT2D eigenvalue weighted by Crippen LogP contribution is -2.25. The van der Waals surface area contributed by atoms with Crippen molar-refractivity contribution in [3.05, 3.63) is 47.7 Å². The normalized spacial score (nSPS) is 11.6. The Morgan fingerprint density at radius 2 is 1.96 bits per heavy atom. The van der Waals surface area contributed by atoms with Gasteiger partial charge in [0.15, 0.2) is 10.1 Å². The predicted octanol–water partition coefficient (Wildman–Crippen LogP) is 1.05. The molecule has 9 heteroatoms. The van der Waals surface area contributed by atoms with Gasteiger partial charge in [-0.2, -0.15) is 5.10 Å². The molecule has 1 heterocycles. The van der Waals surface area contributed by atoms with Crippen molar-refractivity contribution in [2.75, 3.05) is 11.9 Å². The fraction of sp³-hybridized carbons (Fsp3) is 0.143. The first kappa shape index (κ1) is 16.7. The minimum atomic E-state index is -4.64. The number of furan rings is 1. The second-order valence-electron chi connectivity index (χ2n) is 4.62. The average Bonchev–Trinajstić information content (AvgIpc) is 2.96. The molecule has 0 aliphatic rings. The van der Waals surface area contributed by atoms with Crippen molar-refractivity contribution in [1.29, 1.82) is 0 Å². The van der Waals surface area contributed by atoms with Crippen LogP contribution in [0.3, 0.4) is 0 Å². The van der Waals surface area contributed by atoms with Gasteiger partial charge in [-0.05, 0) is 31.2 Å². The van der Waals surface area contributed by atoms with E-state index in [4.69, 9.17) is 4.42 Å². The van der Waals surface area contributed by atoms with E-state index in [1.807, 2.05) is 31.2 Å². The molecule has 0 aliphatic heterocycles. The Bertz CT molecular complexity index is 809.